The maximum absolute atomic E-state index is 13.3. The van der Waals surface area contributed by atoms with Gasteiger partial charge >= 0.3 is 59.1 Å². The molecule has 0 aliphatic heterocycles. The molecule has 2 N–H and O–H groups in total. The molecular weight excluding hydrogens is 598 g/mol. The topological polar surface area (TPSA) is 206 Å². The maximum Gasteiger partial charge on any atom is 1.00 e. The van der Waals surface area contributed by atoms with E-state index in [1.807, 2.05) is 0 Å². The molecule has 0 unspecified atom stereocenters. The summed E-state index contributed by atoms with van der Waals surface area (Å²) in [4.78, 5) is 4.84. The second kappa shape index (κ2) is 13.1. The molecule has 0 aliphatic carbocycles. The zero-order valence-corrected chi connectivity index (χ0v) is 26.4. The fourth-order valence-electron chi connectivity index (χ4n) is 3.30. The van der Waals surface area contributed by atoms with Gasteiger partial charge in [0.25, 0.3) is 0 Å². The number of azo groups is 1. The number of phenols is 1. The Morgan fingerprint density at radius 1 is 0.875 bits per heavy atom. The van der Waals surface area contributed by atoms with Gasteiger partial charge in [-0.15, -0.1) is 10.2 Å². The number of aromatic hydroxyl groups is 1. The predicted octanol–water partition coefficient (Wildman–Crippen LogP) is -2.40. The molecule has 0 radical (unpaired) electrons. The molecule has 4 rings (SSSR count). The van der Waals surface area contributed by atoms with Crippen molar-refractivity contribution in [2.45, 2.75) is 9.79 Å². The van der Waals surface area contributed by atoms with Crippen molar-refractivity contribution in [3.63, 3.8) is 0 Å². The van der Waals surface area contributed by atoms with Crippen LogP contribution >= 0.6 is 0 Å². The molecule has 0 saturated carbocycles. The van der Waals surface area contributed by atoms with Crippen LogP contribution in [0.25, 0.3) is 10.8 Å². The van der Waals surface area contributed by atoms with Crippen LogP contribution in [0.5, 0.6) is 11.5 Å². The standard InChI is InChI=1S/C21H15F2N5O8S2.2Na/c1-36-12-3-5-14(15(8-12)37(30,31)32)27-28-19-16(38(33,34)35)7-10-6-11(2-4-13(10)20(19)29)24-21-25-17(22)9-18(23)26-21;;/h2-9,29H,1H3,(H,24,25,26)(H,30,31,32)(H,33,34,35);;/q;2*+1/p-2. The first-order valence-electron chi connectivity index (χ1n) is 10.0. The third-order valence-corrected chi connectivity index (χ3v) is 6.65. The molecule has 0 bridgehead atoms. The van der Waals surface area contributed by atoms with Crippen LogP contribution in [0, 0.1) is 11.9 Å². The number of fused-ring (bicyclic) bond motifs is 1. The van der Waals surface area contributed by atoms with Gasteiger partial charge in [0.05, 0.1) is 16.9 Å². The second-order valence-corrected chi connectivity index (χ2v) is 10.1. The van der Waals surface area contributed by atoms with Gasteiger partial charge in [0, 0.05) is 17.1 Å². The van der Waals surface area contributed by atoms with Crippen LogP contribution in [0.3, 0.4) is 0 Å². The summed E-state index contributed by atoms with van der Waals surface area (Å²) >= 11 is 0. The third-order valence-electron chi connectivity index (χ3n) is 4.93. The number of benzene rings is 3. The molecule has 1 heterocycles. The van der Waals surface area contributed by atoms with Crippen molar-refractivity contribution >= 4 is 54.0 Å². The van der Waals surface area contributed by atoms with E-state index in [2.05, 4.69) is 25.5 Å². The van der Waals surface area contributed by atoms with Gasteiger partial charge in [-0.25, -0.2) is 16.8 Å². The Hall–Kier alpha value is -2.32. The van der Waals surface area contributed by atoms with E-state index in [0.29, 0.717) is 6.07 Å². The predicted molar refractivity (Wildman–Crippen MR) is 124 cm³/mol. The molecule has 0 saturated heterocycles. The van der Waals surface area contributed by atoms with Crippen LogP contribution in [0.15, 0.2) is 68.6 Å². The number of nitrogens with one attached hydrogen (secondary N) is 1. The average Bonchev–Trinajstić information content (AvgIpc) is 2.81. The average molecular weight is 611 g/mol. The molecule has 19 heteroatoms. The summed E-state index contributed by atoms with van der Waals surface area (Å²) in [6.07, 6.45) is 0. The molecule has 4 aromatic rings. The summed E-state index contributed by atoms with van der Waals surface area (Å²) in [7, 11) is -9.15. The monoisotopic (exact) mass is 611 g/mol. The molecule has 13 nitrogen and oxygen atoms in total. The Labute approximate surface area is 269 Å². The summed E-state index contributed by atoms with van der Waals surface area (Å²) < 4.78 is 102. The zero-order chi connectivity index (χ0) is 27.8. The van der Waals surface area contributed by atoms with E-state index < -0.39 is 65.0 Å². The summed E-state index contributed by atoms with van der Waals surface area (Å²) in [5.74, 6) is -3.58. The molecular formula is C21H13F2N5Na2O8S2. The number of ether oxygens (including phenoxy) is 1. The Bertz CT molecular complexity index is 1820. The largest absolute Gasteiger partial charge is 1.00 e. The Kier molecular flexibility index (Phi) is 11.1. The number of anilines is 2. The fourth-order valence-corrected chi connectivity index (χ4v) is 4.57. The van der Waals surface area contributed by atoms with Crippen LogP contribution in [-0.4, -0.2) is 48.1 Å². The maximum atomic E-state index is 13.3. The molecule has 0 spiro atoms. The van der Waals surface area contributed by atoms with Gasteiger partial charge in [0.1, 0.15) is 37.4 Å². The second-order valence-electron chi connectivity index (χ2n) is 7.41. The van der Waals surface area contributed by atoms with E-state index in [0.717, 1.165) is 18.2 Å². The van der Waals surface area contributed by atoms with Crippen molar-refractivity contribution in [1.82, 2.24) is 9.97 Å². The van der Waals surface area contributed by atoms with E-state index in [4.69, 9.17) is 4.74 Å². The quantitative estimate of drug-likeness (QED) is 0.0975. The Morgan fingerprint density at radius 2 is 1.50 bits per heavy atom. The molecule has 198 valence electrons. The number of rotatable bonds is 7. The Morgan fingerprint density at radius 3 is 2.08 bits per heavy atom. The molecule has 3 aromatic carbocycles. The van der Waals surface area contributed by atoms with Crippen LogP contribution in [-0.2, 0) is 20.2 Å². The van der Waals surface area contributed by atoms with E-state index >= 15 is 0 Å². The molecule has 0 aliphatic rings. The number of hydrogen-bond donors (Lipinski definition) is 2. The van der Waals surface area contributed by atoms with Gasteiger partial charge in [-0.2, -0.15) is 18.7 Å². The van der Waals surface area contributed by atoms with Gasteiger partial charge in [-0.3, -0.25) is 0 Å². The first kappa shape index (κ1) is 33.9. The van der Waals surface area contributed by atoms with Gasteiger partial charge in [-0.05, 0) is 47.9 Å². The van der Waals surface area contributed by atoms with Crippen molar-refractivity contribution < 1.29 is 104 Å². The number of nitrogens with zero attached hydrogens (tertiary/aromatic N) is 4. The van der Waals surface area contributed by atoms with Crippen LogP contribution in [0.2, 0.25) is 0 Å². The van der Waals surface area contributed by atoms with Gasteiger partial charge in [0.2, 0.25) is 17.8 Å². The SMILES string of the molecule is COc1ccc(N=Nc2c(S(=O)(=O)[O-])cc3cc(Nc4nc(F)cc(F)n4)ccc3c2O)c(S(=O)(=O)[O-])c1.[Na+].[Na+]. The fraction of sp³-hybridized carbons (Fsp3) is 0.0476. The van der Waals surface area contributed by atoms with Gasteiger partial charge in [-0.1, -0.05) is 0 Å². The van der Waals surface area contributed by atoms with E-state index in [1.165, 1.54) is 31.4 Å². The summed E-state index contributed by atoms with van der Waals surface area (Å²) in [5, 5.41) is 20.3. The Balaban J connectivity index is 0.00000280. The van der Waals surface area contributed by atoms with Crippen molar-refractivity contribution in [2.75, 3.05) is 12.4 Å². The first-order valence-corrected chi connectivity index (χ1v) is 12.9. The normalized spacial score (nSPS) is 11.6. The van der Waals surface area contributed by atoms with Gasteiger partial charge < -0.3 is 24.3 Å². The van der Waals surface area contributed by atoms with Crippen molar-refractivity contribution in [3.8, 4) is 11.5 Å². The number of hydrogen-bond acceptors (Lipinski definition) is 13. The minimum atomic E-state index is -5.29. The molecule has 0 amide bonds. The van der Waals surface area contributed by atoms with E-state index in [1.54, 1.807) is 0 Å². The minimum Gasteiger partial charge on any atom is -0.744 e. The number of halogens is 2. The minimum absolute atomic E-state index is 0. The first-order chi connectivity index (χ1) is 17.8. The molecule has 40 heavy (non-hydrogen) atoms. The summed E-state index contributed by atoms with van der Waals surface area (Å²) in [6, 6.07) is 8.25. The molecule has 0 fully saturated rings. The number of aromatic nitrogens is 2. The summed E-state index contributed by atoms with van der Waals surface area (Å²) in [5.41, 5.74) is -1.24. The zero-order valence-electron chi connectivity index (χ0n) is 20.8. The number of phenolic OH excluding ortho intramolecular Hbond substituents is 1. The van der Waals surface area contributed by atoms with Crippen LogP contribution in [0.1, 0.15) is 0 Å². The van der Waals surface area contributed by atoms with Crippen molar-refractivity contribution in [1.29, 1.82) is 0 Å². The van der Waals surface area contributed by atoms with Crippen molar-refractivity contribution in [3.05, 3.63) is 60.4 Å². The van der Waals surface area contributed by atoms with E-state index in [9.17, 15) is 39.8 Å². The molecule has 0 atom stereocenters. The van der Waals surface area contributed by atoms with Crippen LogP contribution in [0.4, 0.5) is 31.8 Å². The molecule has 1 aromatic heterocycles. The summed E-state index contributed by atoms with van der Waals surface area (Å²) in [6.45, 7) is 0. The van der Waals surface area contributed by atoms with Crippen LogP contribution < -0.4 is 69.2 Å². The smallest absolute Gasteiger partial charge is 0.744 e. The van der Waals surface area contributed by atoms with Crippen molar-refractivity contribution in [2.24, 2.45) is 10.2 Å². The number of methoxy groups -OCH3 is 1. The van der Waals surface area contributed by atoms with Gasteiger partial charge in [0.15, 0.2) is 5.75 Å². The van der Waals surface area contributed by atoms with E-state index in [-0.39, 0.29) is 81.3 Å². The third kappa shape index (κ3) is 7.69.